The minimum atomic E-state index is -0.451. The summed E-state index contributed by atoms with van der Waals surface area (Å²) in [6.45, 7) is 0. The Hall–Kier alpha value is -2.62. The van der Waals surface area contributed by atoms with E-state index in [-0.39, 0.29) is 0 Å². The van der Waals surface area contributed by atoms with Gasteiger partial charge in [0.1, 0.15) is 0 Å². The van der Waals surface area contributed by atoms with E-state index in [9.17, 15) is 10.1 Å². The van der Waals surface area contributed by atoms with Crippen molar-refractivity contribution in [3.8, 4) is 0 Å². The Morgan fingerprint density at radius 2 is 1.84 bits per heavy atom. The third-order valence-corrected chi connectivity index (χ3v) is 3.33. The van der Waals surface area contributed by atoms with Crippen LogP contribution in [-0.4, -0.2) is 9.49 Å². The highest BCUT2D eigenvalue weighted by molar-refractivity contribution is 6.08. The molecule has 4 nitrogen and oxygen atoms in total. The Morgan fingerprint density at radius 1 is 1.11 bits per heavy atom. The molecular weight excluding hydrogens is 240 g/mol. The number of hydrogen-bond donors (Lipinski definition) is 0. The maximum atomic E-state index is 10.4. The Labute approximate surface area is 109 Å². The summed E-state index contributed by atoms with van der Waals surface area (Å²) in [5.41, 5.74) is 3.12. The first-order valence-corrected chi connectivity index (χ1v) is 5.96. The van der Waals surface area contributed by atoms with Crippen LogP contribution in [0.15, 0.2) is 48.7 Å². The van der Waals surface area contributed by atoms with Crippen LogP contribution in [0.1, 0.15) is 5.56 Å². The lowest BCUT2D eigenvalue weighted by Crippen LogP contribution is -1.86. The predicted molar refractivity (Wildman–Crippen MR) is 76.5 cm³/mol. The lowest BCUT2D eigenvalue weighted by atomic mass is 10.1. The molecule has 0 radical (unpaired) electrons. The fraction of sp³-hybridized carbons (Fsp3) is 0.0667. The molecule has 0 aliphatic heterocycles. The number of rotatable bonds is 2. The lowest BCUT2D eigenvalue weighted by molar-refractivity contribution is -0.400. The van der Waals surface area contributed by atoms with Crippen LogP contribution in [0.2, 0.25) is 0 Å². The first-order valence-electron chi connectivity index (χ1n) is 5.96. The van der Waals surface area contributed by atoms with Gasteiger partial charge in [0.05, 0.1) is 4.92 Å². The van der Waals surface area contributed by atoms with Crippen LogP contribution in [0.5, 0.6) is 0 Å². The summed E-state index contributed by atoms with van der Waals surface area (Å²) in [6, 6.07) is 14.0. The van der Waals surface area contributed by atoms with Crippen LogP contribution >= 0.6 is 0 Å². The van der Waals surface area contributed by atoms with Gasteiger partial charge >= 0.3 is 0 Å². The average Bonchev–Trinajstić information content (AvgIpc) is 2.71. The number of hydrogen-bond acceptors (Lipinski definition) is 2. The molecule has 0 amide bonds. The maximum Gasteiger partial charge on any atom is 0.235 e. The highest BCUT2D eigenvalue weighted by Crippen LogP contribution is 2.28. The molecule has 0 saturated heterocycles. The molecule has 0 saturated carbocycles. The topological polar surface area (TPSA) is 48.1 Å². The minimum Gasteiger partial charge on any atom is -0.344 e. The Bertz CT molecular complexity index is 815. The first kappa shape index (κ1) is 11.5. The van der Waals surface area contributed by atoms with Gasteiger partial charge in [0.2, 0.25) is 6.20 Å². The van der Waals surface area contributed by atoms with Crippen molar-refractivity contribution in [1.82, 2.24) is 4.57 Å². The summed E-state index contributed by atoms with van der Waals surface area (Å²) in [5.74, 6) is 0. The fourth-order valence-electron chi connectivity index (χ4n) is 2.44. The van der Waals surface area contributed by atoms with E-state index in [2.05, 4.69) is 16.7 Å². The van der Waals surface area contributed by atoms with Crippen LogP contribution in [0, 0.1) is 10.1 Å². The predicted octanol–water partition coefficient (Wildman–Crippen LogP) is 3.58. The molecule has 0 aliphatic rings. The fourth-order valence-corrected chi connectivity index (χ4v) is 2.44. The summed E-state index contributed by atoms with van der Waals surface area (Å²) in [7, 11) is 2.02. The molecule has 2 aromatic carbocycles. The van der Waals surface area contributed by atoms with E-state index in [1.54, 1.807) is 0 Å². The molecule has 0 atom stereocenters. The van der Waals surface area contributed by atoms with Crippen LogP contribution < -0.4 is 0 Å². The summed E-state index contributed by atoms with van der Waals surface area (Å²) in [5, 5.41) is 12.6. The molecule has 3 aromatic rings. The van der Waals surface area contributed by atoms with Crippen LogP contribution in [0.25, 0.3) is 27.9 Å². The van der Waals surface area contributed by atoms with Crippen molar-refractivity contribution in [3.05, 3.63) is 64.3 Å². The zero-order valence-electron chi connectivity index (χ0n) is 10.4. The highest BCUT2D eigenvalue weighted by atomic mass is 16.6. The largest absolute Gasteiger partial charge is 0.344 e. The van der Waals surface area contributed by atoms with Crippen molar-refractivity contribution in [1.29, 1.82) is 0 Å². The van der Waals surface area contributed by atoms with Gasteiger partial charge < -0.3 is 4.57 Å². The lowest BCUT2D eigenvalue weighted by Gasteiger charge is -1.97. The van der Waals surface area contributed by atoms with Gasteiger partial charge in [-0.1, -0.05) is 24.3 Å². The molecule has 0 aliphatic carbocycles. The molecule has 94 valence electrons. The number of nitrogens with zero attached hydrogens (tertiary/aromatic N) is 2. The van der Waals surface area contributed by atoms with Crippen LogP contribution in [0.4, 0.5) is 0 Å². The summed E-state index contributed by atoms with van der Waals surface area (Å²) < 4.78 is 2.13. The quantitative estimate of drug-likeness (QED) is 0.517. The van der Waals surface area contributed by atoms with Gasteiger partial charge in [0.25, 0.3) is 0 Å². The molecular formula is C15H12N2O2. The van der Waals surface area contributed by atoms with E-state index in [0.29, 0.717) is 0 Å². The smallest absolute Gasteiger partial charge is 0.235 e. The van der Waals surface area contributed by atoms with Crippen molar-refractivity contribution in [3.63, 3.8) is 0 Å². The number of nitro groups is 1. The Morgan fingerprint density at radius 3 is 2.63 bits per heavy atom. The van der Waals surface area contributed by atoms with Crippen molar-refractivity contribution >= 4 is 27.9 Å². The molecule has 0 unspecified atom stereocenters. The summed E-state index contributed by atoms with van der Waals surface area (Å²) >= 11 is 0. The Balaban J connectivity index is 2.28. The molecule has 3 rings (SSSR count). The summed E-state index contributed by atoms with van der Waals surface area (Å²) in [4.78, 5) is 9.92. The average molecular weight is 252 g/mol. The monoisotopic (exact) mass is 252 g/mol. The van der Waals surface area contributed by atoms with Gasteiger partial charge in [-0.05, 0) is 23.8 Å². The summed E-state index contributed by atoms with van der Waals surface area (Å²) in [6.07, 6.45) is 2.48. The zero-order valence-corrected chi connectivity index (χ0v) is 10.4. The number of fused-ring (bicyclic) bond motifs is 3. The third-order valence-electron chi connectivity index (χ3n) is 3.33. The van der Waals surface area contributed by atoms with Crippen LogP contribution in [0.3, 0.4) is 0 Å². The second kappa shape index (κ2) is 4.24. The SMILES string of the molecule is Cn1c2ccccc2c2cc(/C=C/[N+](=O)[O-])ccc21. The van der Waals surface area contributed by atoms with Gasteiger partial charge in [-0.2, -0.15) is 0 Å². The number of para-hydroxylation sites is 1. The van der Waals surface area contributed by atoms with E-state index in [0.717, 1.165) is 33.6 Å². The highest BCUT2D eigenvalue weighted by Gasteiger charge is 2.07. The number of aromatic nitrogens is 1. The molecule has 1 aromatic heterocycles. The van der Waals surface area contributed by atoms with E-state index in [4.69, 9.17) is 0 Å². The minimum absolute atomic E-state index is 0.451. The van der Waals surface area contributed by atoms with E-state index >= 15 is 0 Å². The Kier molecular flexibility index (Phi) is 2.56. The first-order chi connectivity index (χ1) is 9.16. The van der Waals surface area contributed by atoms with Gasteiger partial charge in [-0.25, -0.2) is 0 Å². The number of aryl methyl sites for hydroxylation is 1. The molecule has 0 N–H and O–H groups in total. The van der Waals surface area contributed by atoms with Crippen molar-refractivity contribution in [2.45, 2.75) is 0 Å². The standard InChI is InChI=1S/C15H12N2O2/c1-16-14-5-3-2-4-12(14)13-10-11(6-7-15(13)16)8-9-17(18)19/h2-10H,1H3/b9-8+. The number of benzene rings is 2. The van der Waals surface area contributed by atoms with E-state index < -0.39 is 4.92 Å². The van der Waals surface area contributed by atoms with Crippen LogP contribution in [-0.2, 0) is 7.05 Å². The van der Waals surface area contributed by atoms with Gasteiger partial charge in [-0.3, -0.25) is 10.1 Å². The second-order valence-corrected chi connectivity index (χ2v) is 4.45. The van der Waals surface area contributed by atoms with E-state index in [1.165, 1.54) is 6.08 Å². The van der Waals surface area contributed by atoms with Crippen molar-refractivity contribution < 1.29 is 4.92 Å². The van der Waals surface area contributed by atoms with Crippen molar-refractivity contribution in [2.24, 2.45) is 7.05 Å². The normalized spacial score (nSPS) is 11.6. The molecule has 4 heteroatoms. The molecule has 1 heterocycles. The van der Waals surface area contributed by atoms with Gasteiger partial charge in [-0.15, -0.1) is 0 Å². The van der Waals surface area contributed by atoms with E-state index in [1.807, 2.05) is 37.4 Å². The molecule has 0 bridgehead atoms. The zero-order chi connectivity index (χ0) is 13.4. The maximum absolute atomic E-state index is 10.4. The molecule has 19 heavy (non-hydrogen) atoms. The van der Waals surface area contributed by atoms with Crippen molar-refractivity contribution in [2.75, 3.05) is 0 Å². The van der Waals surface area contributed by atoms with Gasteiger partial charge in [0.15, 0.2) is 0 Å². The molecule has 0 fully saturated rings. The second-order valence-electron chi connectivity index (χ2n) is 4.45. The molecule has 0 spiro atoms. The third kappa shape index (κ3) is 1.87. The van der Waals surface area contributed by atoms with Gasteiger partial charge in [0, 0.05) is 34.9 Å².